The van der Waals surface area contributed by atoms with Crippen molar-refractivity contribution in [3.63, 3.8) is 0 Å². The monoisotopic (exact) mass is 372 g/mol. The van der Waals surface area contributed by atoms with E-state index in [1.807, 2.05) is 35.7 Å². The third-order valence-electron chi connectivity index (χ3n) is 3.42. The van der Waals surface area contributed by atoms with Crippen molar-refractivity contribution in [3.8, 4) is 16.3 Å². The normalized spacial score (nSPS) is 10.4. The van der Waals surface area contributed by atoms with Crippen molar-refractivity contribution in [1.29, 1.82) is 0 Å². The lowest BCUT2D eigenvalue weighted by Gasteiger charge is -2.07. The van der Waals surface area contributed by atoms with Crippen LogP contribution in [0.25, 0.3) is 10.6 Å². The third kappa shape index (κ3) is 5.31. The van der Waals surface area contributed by atoms with Crippen molar-refractivity contribution in [2.75, 3.05) is 13.2 Å². The number of thiazole rings is 1. The molecule has 2 aromatic carbocycles. The minimum atomic E-state index is -0.0652. The Bertz CT molecular complexity index is 819. The van der Waals surface area contributed by atoms with E-state index in [1.165, 1.54) is 0 Å². The smallest absolute Gasteiger partial charge is 0.226 e. The van der Waals surface area contributed by atoms with E-state index in [1.54, 1.807) is 35.6 Å². The summed E-state index contributed by atoms with van der Waals surface area (Å²) in [6.07, 6.45) is 0.268. The summed E-state index contributed by atoms with van der Waals surface area (Å²) in [5.74, 6) is 0.662. The molecule has 0 bridgehead atoms. The number of ether oxygens (including phenoxy) is 1. The summed E-state index contributed by atoms with van der Waals surface area (Å²) in [6.45, 7) is 0.844. The predicted octanol–water partition coefficient (Wildman–Crippen LogP) is 4.20. The van der Waals surface area contributed by atoms with Crippen molar-refractivity contribution in [2.24, 2.45) is 0 Å². The maximum atomic E-state index is 12.0. The molecule has 0 saturated heterocycles. The van der Waals surface area contributed by atoms with Crippen LogP contribution in [0.5, 0.6) is 5.75 Å². The Morgan fingerprint density at radius 3 is 2.64 bits per heavy atom. The second kappa shape index (κ2) is 8.65. The average molecular weight is 373 g/mol. The summed E-state index contributed by atoms with van der Waals surface area (Å²) in [5.41, 5.74) is 1.84. The van der Waals surface area contributed by atoms with E-state index in [2.05, 4.69) is 10.3 Å². The number of hydrogen-bond donors (Lipinski definition) is 1. The minimum absolute atomic E-state index is 0.0652. The zero-order valence-corrected chi connectivity index (χ0v) is 15.0. The van der Waals surface area contributed by atoms with Crippen LogP contribution in [0.3, 0.4) is 0 Å². The summed E-state index contributed by atoms with van der Waals surface area (Å²) < 4.78 is 5.54. The number of benzene rings is 2. The molecule has 0 spiro atoms. The van der Waals surface area contributed by atoms with Crippen molar-refractivity contribution < 1.29 is 9.53 Å². The van der Waals surface area contributed by atoms with Crippen LogP contribution in [0, 0.1) is 0 Å². The van der Waals surface area contributed by atoms with Gasteiger partial charge in [-0.05, 0) is 24.3 Å². The molecule has 3 rings (SSSR count). The number of carbonyl (C=O) groups is 1. The van der Waals surface area contributed by atoms with Crippen LogP contribution in [0.4, 0.5) is 0 Å². The molecule has 6 heteroatoms. The van der Waals surface area contributed by atoms with Gasteiger partial charge in [0.2, 0.25) is 5.91 Å². The number of carbonyl (C=O) groups excluding carboxylic acids is 1. The molecule has 0 radical (unpaired) electrons. The molecule has 0 aliphatic carbocycles. The molecule has 1 heterocycles. The highest BCUT2D eigenvalue weighted by atomic mass is 35.5. The fraction of sp³-hybridized carbons (Fsp3) is 0.158. The van der Waals surface area contributed by atoms with Crippen molar-refractivity contribution in [3.05, 3.63) is 70.7 Å². The molecule has 0 unspecified atom stereocenters. The van der Waals surface area contributed by atoms with E-state index in [0.717, 1.165) is 22.0 Å². The number of aromatic nitrogens is 1. The fourth-order valence-electron chi connectivity index (χ4n) is 2.22. The molecule has 0 aliphatic heterocycles. The van der Waals surface area contributed by atoms with Gasteiger partial charge in [0.15, 0.2) is 0 Å². The topological polar surface area (TPSA) is 51.2 Å². The SMILES string of the molecule is O=C(Cc1csc(-c2ccccc2)n1)NCCOc1ccc(Cl)cc1. The highest BCUT2D eigenvalue weighted by Gasteiger charge is 2.08. The standard InChI is InChI=1S/C19H17ClN2O2S/c20-15-6-8-17(9-7-15)24-11-10-21-18(23)12-16-13-25-19(22-16)14-4-2-1-3-5-14/h1-9,13H,10-12H2,(H,21,23). The highest BCUT2D eigenvalue weighted by Crippen LogP contribution is 2.23. The Morgan fingerprint density at radius 2 is 1.88 bits per heavy atom. The first-order chi connectivity index (χ1) is 12.2. The van der Waals surface area contributed by atoms with Crippen molar-refractivity contribution >= 4 is 28.8 Å². The van der Waals surface area contributed by atoms with Gasteiger partial charge < -0.3 is 10.1 Å². The summed E-state index contributed by atoms with van der Waals surface area (Å²) in [7, 11) is 0. The lowest BCUT2D eigenvalue weighted by molar-refractivity contribution is -0.120. The van der Waals surface area contributed by atoms with Gasteiger partial charge in [0, 0.05) is 16.0 Å². The maximum Gasteiger partial charge on any atom is 0.226 e. The van der Waals surface area contributed by atoms with Gasteiger partial charge in [-0.3, -0.25) is 4.79 Å². The van der Waals surface area contributed by atoms with Gasteiger partial charge in [0.25, 0.3) is 0 Å². The predicted molar refractivity (Wildman–Crippen MR) is 101 cm³/mol. The first-order valence-corrected chi connectivity index (χ1v) is 9.11. The highest BCUT2D eigenvalue weighted by molar-refractivity contribution is 7.13. The van der Waals surface area contributed by atoms with Gasteiger partial charge in [-0.25, -0.2) is 4.98 Å². The number of nitrogens with one attached hydrogen (secondary N) is 1. The molecule has 0 aliphatic rings. The Kier molecular flexibility index (Phi) is 6.04. The van der Waals surface area contributed by atoms with Crippen molar-refractivity contribution in [2.45, 2.75) is 6.42 Å². The molecular formula is C19H17ClN2O2S. The van der Waals surface area contributed by atoms with E-state index < -0.39 is 0 Å². The second-order valence-electron chi connectivity index (χ2n) is 5.34. The van der Waals surface area contributed by atoms with Gasteiger partial charge in [-0.2, -0.15) is 0 Å². The van der Waals surface area contributed by atoms with Gasteiger partial charge in [-0.1, -0.05) is 41.9 Å². The average Bonchev–Trinajstić information content (AvgIpc) is 3.09. The Balaban J connectivity index is 1.42. The molecule has 1 N–H and O–H groups in total. The quantitative estimate of drug-likeness (QED) is 0.632. The number of amides is 1. The molecule has 0 atom stereocenters. The van der Waals surface area contributed by atoms with Gasteiger partial charge >= 0.3 is 0 Å². The number of rotatable bonds is 7. The molecule has 4 nitrogen and oxygen atoms in total. The van der Waals surface area contributed by atoms with Crippen LogP contribution in [0.2, 0.25) is 5.02 Å². The molecule has 25 heavy (non-hydrogen) atoms. The largest absolute Gasteiger partial charge is 0.492 e. The van der Waals surface area contributed by atoms with E-state index in [4.69, 9.17) is 16.3 Å². The number of halogens is 1. The fourth-order valence-corrected chi connectivity index (χ4v) is 3.17. The van der Waals surface area contributed by atoms with Crippen LogP contribution in [-0.2, 0) is 11.2 Å². The van der Waals surface area contributed by atoms with Gasteiger partial charge in [-0.15, -0.1) is 11.3 Å². The van der Waals surface area contributed by atoms with E-state index in [9.17, 15) is 4.79 Å². The van der Waals surface area contributed by atoms with Crippen LogP contribution < -0.4 is 10.1 Å². The van der Waals surface area contributed by atoms with Crippen LogP contribution in [0.1, 0.15) is 5.69 Å². The molecule has 0 saturated carbocycles. The Hall–Kier alpha value is -2.37. The second-order valence-corrected chi connectivity index (χ2v) is 6.63. The van der Waals surface area contributed by atoms with Crippen LogP contribution in [-0.4, -0.2) is 24.0 Å². The molecule has 3 aromatic rings. The summed E-state index contributed by atoms with van der Waals surface area (Å²) in [4.78, 5) is 16.5. The number of nitrogens with zero attached hydrogens (tertiary/aromatic N) is 1. The maximum absolute atomic E-state index is 12.0. The number of hydrogen-bond acceptors (Lipinski definition) is 4. The summed E-state index contributed by atoms with van der Waals surface area (Å²) >= 11 is 7.36. The summed E-state index contributed by atoms with van der Waals surface area (Å²) in [6, 6.07) is 17.1. The van der Waals surface area contributed by atoms with Crippen LogP contribution >= 0.6 is 22.9 Å². The lowest BCUT2D eigenvalue weighted by Crippen LogP contribution is -2.29. The first-order valence-electron chi connectivity index (χ1n) is 7.85. The van der Waals surface area contributed by atoms with Gasteiger partial charge in [0.05, 0.1) is 18.7 Å². The molecular weight excluding hydrogens is 356 g/mol. The molecule has 1 amide bonds. The summed E-state index contributed by atoms with van der Waals surface area (Å²) in [5, 5.41) is 6.35. The molecule has 0 fully saturated rings. The van der Waals surface area contributed by atoms with Crippen molar-refractivity contribution in [1.82, 2.24) is 10.3 Å². The lowest BCUT2D eigenvalue weighted by atomic mass is 10.2. The molecule has 128 valence electrons. The molecule has 1 aromatic heterocycles. The van der Waals surface area contributed by atoms with Crippen LogP contribution in [0.15, 0.2) is 60.0 Å². The zero-order chi connectivity index (χ0) is 17.5. The van der Waals surface area contributed by atoms with E-state index >= 15 is 0 Å². The zero-order valence-electron chi connectivity index (χ0n) is 13.4. The Labute approximate surface area is 155 Å². The van der Waals surface area contributed by atoms with Gasteiger partial charge in [0.1, 0.15) is 17.4 Å². The van der Waals surface area contributed by atoms with E-state index in [0.29, 0.717) is 18.2 Å². The van der Waals surface area contributed by atoms with E-state index in [-0.39, 0.29) is 12.3 Å². The third-order valence-corrected chi connectivity index (χ3v) is 4.61. The Morgan fingerprint density at radius 1 is 1.12 bits per heavy atom. The minimum Gasteiger partial charge on any atom is -0.492 e. The first kappa shape index (κ1) is 17.5.